The number of benzene rings is 1. The molecule has 0 saturated carbocycles. The summed E-state index contributed by atoms with van der Waals surface area (Å²) < 4.78 is 10.5. The number of aromatic nitrogens is 1. The van der Waals surface area contributed by atoms with E-state index in [1.54, 1.807) is 19.1 Å². The first-order valence-electron chi connectivity index (χ1n) is 8.22. The van der Waals surface area contributed by atoms with Crippen molar-refractivity contribution in [3.05, 3.63) is 59.9 Å². The number of pyridine rings is 1. The number of carbonyl (C=O) groups is 3. The van der Waals surface area contributed by atoms with Crippen LogP contribution in [0.4, 0.5) is 5.69 Å². The lowest BCUT2D eigenvalue weighted by Gasteiger charge is -2.34. The van der Waals surface area contributed by atoms with Crippen LogP contribution in [0.3, 0.4) is 0 Å². The van der Waals surface area contributed by atoms with Crippen molar-refractivity contribution in [2.45, 2.75) is 19.1 Å². The van der Waals surface area contributed by atoms with E-state index >= 15 is 0 Å². The van der Waals surface area contributed by atoms with E-state index in [9.17, 15) is 19.5 Å². The monoisotopic (exact) mass is 366 g/mol. The van der Waals surface area contributed by atoms with E-state index < -0.39 is 23.6 Å². The molecule has 8 heteroatoms. The molecule has 3 heterocycles. The zero-order chi connectivity index (χ0) is 19.2. The Kier molecular flexibility index (Phi) is 3.78. The van der Waals surface area contributed by atoms with Crippen molar-refractivity contribution in [3.8, 4) is 11.5 Å². The van der Waals surface area contributed by atoms with Gasteiger partial charge in [-0.05, 0) is 30.7 Å². The molecule has 0 saturated heterocycles. The third-order valence-corrected chi connectivity index (χ3v) is 4.51. The molecule has 2 aliphatic heterocycles. The summed E-state index contributed by atoms with van der Waals surface area (Å²) in [4.78, 5) is 41.9. The maximum absolute atomic E-state index is 13.0. The van der Waals surface area contributed by atoms with Crippen LogP contribution in [0.5, 0.6) is 11.5 Å². The third kappa shape index (κ3) is 2.49. The zero-order valence-corrected chi connectivity index (χ0v) is 14.2. The van der Waals surface area contributed by atoms with Crippen LogP contribution in [0.25, 0.3) is 0 Å². The second-order valence-electron chi connectivity index (χ2n) is 6.01. The minimum absolute atomic E-state index is 0.0484. The van der Waals surface area contributed by atoms with Gasteiger partial charge in [-0.1, -0.05) is 6.92 Å². The SMILES string of the molecule is CCC1(O)c2c(ccc3c2OC(=O)/C=C\C(=O)O3)C(=O)N1c1ccncc1. The summed E-state index contributed by atoms with van der Waals surface area (Å²) in [5, 5.41) is 11.4. The Balaban J connectivity index is 1.95. The number of ether oxygens (including phenoxy) is 2. The van der Waals surface area contributed by atoms with E-state index in [4.69, 9.17) is 9.47 Å². The van der Waals surface area contributed by atoms with Gasteiger partial charge in [0.25, 0.3) is 5.91 Å². The fourth-order valence-electron chi connectivity index (χ4n) is 3.29. The summed E-state index contributed by atoms with van der Waals surface area (Å²) >= 11 is 0. The Morgan fingerprint density at radius 2 is 1.70 bits per heavy atom. The number of anilines is 1. The van der Waals surface area contributed by atoms with E-state index in [1.807, 2.05) is 0 Å². The average molecular weight is 366 g/mol. The molecule has 1 N–H and O–H groups in total. The maximum Gasteiger partial charge on any atom is 0.336 e. The molecule has 8 nitrogen and oxygen atoms in total. The van der Waals surface area contributed by atoms with Crippen molar-refractivity contribution in [2.24, 2.45) is 0 Å². The summed E-state index contributed by atoms with van der Waals surface area (Å²) in [6, 6.07) is 5.97. The van der Waals surface area contributed by atoms with Gasteiger partial charge in [0.2, 0.25) is 0 Å². The van der Waals surface area contributed by atoms with Crippen molar-refractivity contribution >= 4 is 23.5 Å². The third-order valence-electron chi connectivity index (χ3n) is 4.51. The summed E-state index contributed by atoms with van der Waals surface area (Å²) in [6.45, 7) is 1.69. The van der Waals surface area contributed by atoms with E-state index in [-0.39, 0.29) is 29.0 Å². The molecule has 0 fully saturated rings. The molecule has 1 aromatic carbocycles. The first kappa shape index (κ1) is 16.9. The van der Waals surface area contributed by atoms with Gasteiger partial charge in [-0.15, -0.1) is 0 Å². The van der Waals surface area contributed by atoms with Gasteiger partial charge in [0.15, 0.2) is 17.2 Å². The number of hydrogen-bond acceptors (Lipinski definition) is 7. The number of aliphatic hydroxyl groups is 1. The predicted octanol–water partition coefficient (Wildman–Crippen LogP) is 1.68. The van der Waals surface area contributed by atoms with Crippen molar-refractivity contribution in [1.29, 1.82) is 0 Å². The van der Waals surface area contributed by atoms with Crippen molar-refractivity contribution in [2.75, 3.05) is 4.90 Å². The lowest BCUT2D eigenvalue weighted by Crippen LogP contribution is -2.43. The molecule has 0 bridgehead atoms. The molecule has 27 heavy (non-hydrogen) atoms. The molecule has 0 spiro atoms. The summed E-state index contributed by atoms with van der Waals surface area (Å²) in [5.74, 6) is -2.24. The Bertz CT molecular complexity index is 1000. The number of esters is 2. The van der Waals surface area contributed by atoms with Gasteiger partial charge >= 0.3 is 11.9 Å². The summed E-state index contributed by atoms with van der Waals surface area (Å²) in [6.07, 6.45) is 4.97. The average Bonchev–Trinajstić information content (AvgIpc) is 2.89. The molecule has 1 amide bonds. The maximum atomic E-state index is 13.0. The van der Waals surface area contributed by atoms with Crippen LogP contribution in [-0.2, 0) is 15.3 Å². The highest BCUT2D eigenvalue weighted by Gasteiger charge is 2.51. The first-order valence-corrected chi connectivity index (χ1v) is 8.22. The van der Waals surface area contributed by atoms with Crippen LogP contribution in [0.2, 0.25) is 0 Å². The number of nitrogens with zero attached hydrogens (tertiary/aromatic N) is 2. The minimum Gasteiger partial charge on any atom is -0.419 e. The zero-order valence-electron chi connectivity index (χ0n) is 14.2. The molecule has 0 radical (unpaired) electrons. The van der Waals surface area contributed by atoms with Gasteiger partial charge in [0, 0.05) is 24.5 Å². The largest absolute Gasteiger partial charge is 0.419 e. The van der Waals surface area contributed by atoms with Crippen LogP contribution in [0, 0.1) is 0 Å². The highest BCUT2D eigenvalue weighted by molar-refractivity contribution is 6.13. The number of fused-ring (bicyclic) bond motifs is 3. The molecular weight excluding hydrogens is 352 g/mol. The number of carbonyl (C=O) groups excluding carboxylic acids is 3. The van der Waals surface area contributed by atoms with E-state index in [2.05, 4.69) is 4.98 Å². The molecule has 136 valence electrons. The highest BCUT2D eigenvalue weighted by Crippen LogP contribution is 2.50. The Morgan fingerprint density at radius 3 is 2.37 bits per heavy atom. The topological polar surface area (TPSA) is 106 Å². The Labute approximate surface area is 153 Å². The number of hydrogen-bond donors (Lipinski definition) is 1. The quantitative estimate of drug-likeness (QED) is 0.636. The van der Waals surface area contributed by atoms with Crippen LogP contribution < -0.4 is 14.4 Å². The second-order valence-corrected chi connectivity index (χ2v) is 6.01. The van der Waals surface area contributed by atoms with Crippen molar-refractivity contribution in [1.82, 2.24) is 4.98 Å². The Morgan fingerprint density at radius 1 is 1.04 bits per heavy atom. The predicted molar refractivity (Wildman–Crippen MR) is 92.1 cm³/mol. The Hall–Kier alpha value is -3.52. The van der Waals surface area contributed by atoms with Crippen molar-refractivity contribution < 1.29 is 29.0 Å². The van der Waals surface area contributed by atoms with Gasteiger partial charge < -0.3 is 14.6 Å². The minimum atomic E-state index is -1.80. The van der Waals surface area contributed by atoms with Gasteiger partial charge in [-0.3, -0.25) is 14.7 Å². The van der Waals surface area contributed by atoms with E-state index in [1.165, 1.54) is 29.4 Å². The van der Waals surface area contributed by atoms with E-state index in [0.29, 0.717) is 5.69 Å². The molecular formula is C19H14N2O6. The lowest BCUT2D eigenvalue weighted by atomic mass is 9.96. The molecule has 1 aromatic heterocycles. The standard InChI is InChI=1S/C19H14N2O6/c1-2-19(25)16-12(18(24)21(19)11-7-9-20-10-8-11)3-4-13-17(16)27-15(23)6-5-14(22)26-13/h3-10,25H,2H2,1H3/b6-5-. The normalized spacial score (nSPS) is 22.3. The highest BCUT2D eigenvalue weighted by atomic mass is 16.6. The summed E-state index contributed by atoms with van der Waals surface area (Å²) in [5.41, 5.74) is -1.13. The first-order chi connectivity index (χ1) is 13.0. The number of amides is 1. The molecule has 2 aromatic rings. The molecule has 1 unspecified atom stereocenters. The smallest absolute Gasteiger partial charge is 0.336 e. The summed E-state index contributed by atoms with van der Waals surface area (Å²) in [7, 11) is 0. The van der Waals surface area contributed by atoms with Gasteiger partial charge in [-0.25, -0.2) is 9.59 Å². The lowest BCUT2D eigenvalue weighted by molar-refractivity contribution is -0.133. The van der Waals surface area contributed by atoms with Crippen LogP contribution in [0.1, 0.15) is 29.3 Å². The van der Waals surface area contributed by atoms with Crippen LogP contribution in [0.15, 0.2) is 48.8 Å². The van der Waals surface area contributed by atoms with Gasteiger partial charge in [-0.2, -0.15) is 0 Å². The molecule has 2 aliphatic rings. The van der Waals surface area contributed by atoms with Crippen molar-refractivity contribution in [3.63, 3.8) is 0 Å². The second kappa shape index (κ2) is 6.03. The number of rotatable bonds is 2. The van der Waals surface area contributed by atoms with Crippen LogP contribution >= 0.6 is 0 Å². The van der Waals surface area contributed by atoms with Crippen LogP contribution in [-0.4, -0.2) is 27.9 Å². The van der Waals surface area contributed by atoms with Gasteiger partial charge in [0.05, 0.1) is 16.8 Å². The molecule has 4 rings (SSSR count). The fraction of sp³-hybridized carbons (Fsp3) is 0.158. The van der Waals surface area contributed by atoms with E-state index in [0.717, 1.165) is 12.2 Å². The molecule has 0 aliphatic carbocycles. The fourth-order valence-corrected chi connectivity index (χ4v) is 3.29. The molecule has 1 atom stereocenters. The van der Waals surface area contributed by atoms with Gasteiger partial charge in [0.1, 0.15) is 0 Å².